The predicted octanol–water partition coefficient (Wildman–Crippen LogP) is 3.30. The molecule has 0 aliphatic rings. The third kappa shape index (κ3) is 2.27. The fraction of sp³-hybridized carbons (Fsp3) is 0.0769. The highest BCUT2D eigenvalue weighted by molar-refractivity contribution is 7.17. The molecule has 3 rings (SSSR count). The molecule has 0 radical (unpaired) electrons. The van der Waals surface area contributed by atoms with E-state index < -0.39 is 5.82 Å². The third-order valence-corrected chi connectivity index (χ3v) is 3.92. The van der Waals surface area contributed by atoms with Crippen molar-refractivity contribution in [3.8, 4) is 0 Å². The van der Waals surface area contributed by atoms with E-state index in [0.29, 0.717) is 20.8 Å². The first kappa shape index (κ1) is 12.3. The van der Waals surface area contributed by atoms with E-state index in [4.69, 9.17) is 11.6 Å². The summed E-state index contributed by atoms with van der Waals surface area (Å²) in [6.45, 7) is 0.142. The molecule has 0 unspecified atom stereocenters. The number of rotatable bonds is 2. The van der Waals surface area contributed by atoms with Gasteiger partial charge in [0.05, 0.1) is 18.4 Å². The van der Waals surface area contributed by atoms with Crippen molar-refractivity contribution in [1.82, 2.24) is 9.55 Å². The number of benzene rings is 1. The van der Waals surface area contributed by atoms with Gasteiger partial charge in [0.15, 0.2) is 0 Å². The Bertz CT molecular complexity index is 812. The minimum absolute atomic E-state index is 0.142. The Hall–Kier alpha value is -1.72. The lowest BCUT2D eigenvalue weighted by atomic mass is 10.2. The highest BCUT2D eigenvalue weighted by Gasteiger charge is 2.08. The molecule has 0 amide bonds. The number of halogens is 2. The highest BCUT2D eigenvalue weighted by Crippen LogP contribution is 2.16. The van der Waals surface area contributed by atoms with Crippen molar-refractivity contribution < 1.29 is 4.39 Å². The Morgan fingerprint density at radius 2 is 2.21 bits per heavy atom. The Labute approximate surface area is 116 Å². The summed E-state index contributed by atoms with van der Waals surface area (Å²) in [6, 6.07) is 6.19. The van der Waals surface area contributed by atoms with Gasteiger partial charge >= 0.3 is 0 Å². The molecule has 0 N–H and O–H groups in total. The Kier molecular flexibility index (Phi) is 3.08. The molecular formula is C13H8ClFN2OS. The first-order valence-electron chi connectivity index (χ1n) is 5.52. The topological polar surface area (TPSA) is 34.9 Å². The quantitative estimate of drug-likeness (QED) is 0.727. The standard InChI is InChI=1S/C13H8ClFN2OS/c14-9-2-1-8(10(15)5-9)6-17-7-16-11-3-4-19-12(11)13(17)18/h1-5,7H,6H2. The monoisotopic (exact) mass is 294 g/mol. The normalized spacial score (nSPS) is 11.1. The molecular weight excluding hydrogens is 287 g/mol. The van der Waals surface area contributed by atoms with Crippen molar-refractivity contribution in [3.63, 3.8) is 0 Å². The van der Waals surface area contributed by atoms with Crippen LogP contribution in [-0.4, -0.2) is 9.55 Å². The maximum atomic E-state index is 13.7. The van der Waals surface area contributed by atoms with E-state index >= 15 is 0 Å². The minimum atomic E-state index is -0.425. The lowest BCUT2D eigenvalue weighted by molar-refractivity contribution is 0.595. The van der Waals surface area contributed by atoms with Gasteiger partial charge in [0.25, 0.3) is 5.56 Å². The van der Waals surface area contributed by atoms with Crippen LogP contribution in [0.4, 0.5) is 4.39 Å². The molecule has 0 fully saturated rings. The summed E-state index contributed by atoms with van der Waals surface area (Å²) in [5, 5.41) is 2.15. The SMILES string of the molecule is O=c1c2sccc2ncn1Cc1ccc(Cl)cc1F. The third-order valence-electron chi connectivity index (χ3n) is 2.79. The zero-order chi connectivity index (χ0) is 13.4. The number of thiophene rings is 1. The van der Waals surface area contributed by atoms with Crippen LogP contribution in [-0.2, 0) is 6.54 Å². The van der Waals surface area contributed by atoms with E-state index in [0.717, 1.165) is 0 Å². The average Bonchev–Trinajstić information content (AvgIpc) is 2.85. The molecule has 0 aliphatic heterocycles. The molecule has 2 heterocycles. The zero-order valence-electron chi connectivity index (χ0n) is 9.64. The van der Waals surface area contributed by atoms with Gasteiger partial charge in [-0.25, -0.2) is 9.37 Å². The molecule has 0 spiro atoms. The van der Waals surface area contributed by atoms with E-state index in [9.17, 15) is 9.18 Å². The smallest absolute Gasteiger partial charge is 0.271 e. The van der Waals surface area contributed by atoms with E-state index in [1.54, 1.807) is 18.2 Å². The van der Waals surface area contributed by atoms with Gasteiger partial charge in [-0.05, 0) is 23.6 Å². The van der Waals surface area contributed by atoms with E-state index in [1.807, 2.05) is 5.38 Å². The van der Waals surface area contributed by atoms with Crippen LogP contribution in [0, 0.1) is 5.82 Å². The second kappa shape index (κ2) is 4.75. The maximum absolute atomic E-state index is 13.7. The van der Waals surface area contributed by atoms with Crippen molar-refractivity contribution in [3.05, 3.63) is 62.7 Å². The summed E-state index contributed by atoms with van der Waals surface area (Å²) < 4.78 is 15.7. The summed E-state index contributed by atoms with van der Waals surface area (Å²) >= 11 is 7.03. The van der Waals surface area contributed by atoms with Crippen molar-refractivity contribution in [2.45, 2.75) is 6.54 Å². The second-order valence-electron chi connectivity index (χ2n) is 4.05. The Balaban J connectivity index is 2.05. The van der Waals surface area contributed by atoms with Crippen LogP contribution in [0.3, 0.4) is 0 Å². The Morgan fingerprint density at radius 3 is 3.00 bits per heavy atom. The second-order valence-corrected chi connectivity index (χ2v) is 5.40. The average molecular weight is 295 g/mol. The van der Waals surface area contributed by atoms with Crippen LogP contribution in [0.2, 0.25) is 5.02 Å². The lowest BCUT2D eigenvalue weighted by Gasteiger charge is -2.06. The van der Waals surface area contributed by atoms with Crippen molar-refractivity contribution >= 4 is 33.2 Å². The highest BCUT2D eigenvalue weighted by atomic mass is 35.5. The zero-order valence-corrected chi connectivity index (χ0v) is 11.2. The fourth-order valence-electron chi connectivity index (χ4n) is 1.83. The van der Waals surface area contributed by atoms with Gasteiger partial charge in [-0.1, -0.05) is 17.7 Å². The van der Waals surface area contributed by atoms with Crippen molar-refractivity contribution in [2.75, 3.05) is 0 Å². The summed E-state index contributed by atoms with van der Waals surface area (Å²) in [5.74, 6) is -0.425. The molecule has 2 aromatic heterocycles. The summed E-state index contributed by atoms with van der Waals surface area (Å²) in [6.07, 6.45) is 1.44. The summed E-state index contributed by atoms with van der Waals surface area (Å²) in [4.78, 5) is 16.3. The van der Waals surface area contributed by atoms with Gasteiger partial charge in [-0.3, -0.25) is 9.36 Å². The first-order chi connectivity index (χ1) is 9.15. The molecule has 3 nitrogen and oxygen atoms in total. The fourth-order valence-corrected chi connectivity index (χ4v) is 2.78. The maximum Gasteiger partial charge on any atom is 0.271 e. The van der Waals surface area contributed by atoms with Crippen LogP contribution in [0.5, 0.6) is 0 Å². The molecule has 1 aromatic carbocycles. The predicted molar refractivity (Wildman–Crippen MR) is 74.4 cm³/mol. The van der Waals surface area contributed by atoms with Gasteiger partial charge in [-0.2, -0.15) is 0 Å². The number of hydrogen-bond acceptors (Lipinski definition) is 3. The summed E-state index contributed by atoms with van der Waals surface area (Å²) in [5.41, 5.74) is 0.918. The molecule has 0 aliphatic carbocycles. The van der Waals surface area contributed by atoms with Crippen LogP contribution in [0.15, 0.2) is 40.8 Å². The molecule has 0 saturated heterocycles. The molecule has 96 valence electrons. The number of hydrogen-bond donors (Lipinski definition) is 0. The minimum Gasteiger partial charge on any atom is -0.293 e. The van der Waals surface area contributed by atoms with Crippen molar-refractivity contribution in [1.29, 1.82) is 0 Å². The van der Waals surface area contributed by atoms with E-state index in [1.165, 1.54) is 28.3 Å². The first-order valence-corrected chi connectivity index (χ1v) is 6.77. The number of aromatic nitrogens is 2. The van der Waals surface area contributed by atoms with Crippen LogP contribution in [0.1, 0.15) is 5.56 Å². The van der Waals surface area contributed by atoms with Gasteiger partial charge in [0, 0.05) is 10.6 Å². The van der Waals surface area contributed by atoms with Crippen molar-refractivity contribution in [2.24, 2.45) is 0 Å². The lowest BCUT2D eigenvalue weighted by Crippen LogP contribution is -2.20. The Morgan fingerprint density at radius 1 is 1.37 bits per heavy atom. The van der Waals surface area contributed by atoms with Crippen LogP contribution in [0.25, 0.3) is 10.2 Å². The molecule has 3 aromatic rings. The van der Waals surface area contributed by atoms with Crippen LogP contribution < -0.4 is 5.56 Å². The van der Waals surface area contributed by atoms with Gasteiger partial charge in [0.2, 0.25) is 0 Å². The van der Waals surface area contributed by atoms with E-state index in [2.05, 4.69) is 4.98 Å². The molecule has 19 heavy (non-hydrogen) atoms. The molecule has 6 heteroatoms. The van der Waals surface area contributed by atoms with Gasteiger partial charge in [-0.15, -0.1) is 11.3 Å². The molecule has 0 atom stereocenters. The largest absolute Gasteiger partial charge is 0.293 e. The number of nitrogens with zero attached hydrogens (tertiary/aromatic N) is 2. The van der Waals surface area contributed by atoms with Crippen LogP contribution >= 0.6 is 22.9 Å². The van der Waals surface area contributed by atoms with E-state index in [-0.39, 0.29) is 12.1 Å². The molecule has 0 saturated carbocycles. The van der Waals surface area contributed by atoms with Gasteiger partial charge < -0.3 is 0 Å². The summed E-state index contributed by atoms with van der Waals surface area (Å²) in [7, 11) is 0. The van der Waals surface area contributed by atoms with Gasteiger partial charge in [0.1, 0.15) is 10.5 Å². The molecule has 0 bridgehead atoms. The number of fused-ring (bicyclic) bond motifs is 1.